The van der Waals surface area contributed by atoms with Crippen molar-refractivity contribution < 1.29 is 53.4 Å². The number of benzene rings is 1. The molecule has 1 aliphatic rings. The first-order valence-corrected chi connectivity index (χ1v) is 11.5. The predicted octanol–water partition coefficient (Wildman–Crippen LogP) is 7.32. The fourth-order valence-electron chi connectivity index (χ4n) is 3.54. The van der Waals surface area contributed by atoms with Crippen LogP contribution < -0.4 is 10.1 Å². The number of amides is 1. The summed E-state index contributed by atoms with van der Waals surface area (Å²) in [7, 11) is 0. The molecule has 6 nitrogen and oxygen atoms in total. The molecule has 1 fully saturated rings. The molecule has 1 aromatic carbocycles. The highest BCUT2D eigenvalue weighted by atomic mass is 35.5. The van der Waals surface area contributed by atoms with E-state index in [9.17, 15) is 48.7 Å². The molecule has 0 spiro atoms. The molecule has 216 valence electrons. The van der Waals surface area contributed by atoms with E-state index in [1.807, 2.05) is 0 Å². The van der Waals surface area contributed by atoms with E-state index >= 15 is 0 Å². The second kappa shape index (κ2) is 9.98. The molecule has 18 heteroatoms. The number of carbonyl (C=O) groups excluding carboxylic acids is 1. The average molecular weight is 625 g/mol. The number of hydrogen-bond acceptors (Lipinski definition) is 4. The van der Waals surface area contributed by atoms with Crippen molar-refractivity contribution in [1.82, 2.24) is 20.1 Å². The fraction of sp³-hybridized carbons (Fsp3) is 0.318. The molecule has 2 heterocycles. The van der Waals surface area contributed by atoms with Crippen LogP contribution in [0.1, 0.15) is 28.8 Å². The zero-order chi connectivity index (χ0) is 29.8. The topological polar surface area (TPSA) is 69.0 Å². The predicted molar refractivity (Wildman–Crippen MR) is 119 cm³/mol. The van der Waals surface area contributed by atoms with Crippen LogP contribution >= 0.6 is 23.2 Å². The van der Waals surface area contributed by atoms with E-state index in [4.69, 9.17) is 23.2 Å². The molecular weight excluding hydrogens is 613 g/mol. The van der Waals surface area contributed by atoms with Crippen molar-refractivity contribution >= 4 is 29.1 Å². The van der Waals surface area contributed by atoms with Gasteiger partial charge in [0.05, 0.1) is 16.8 Å². The van der Waals surface area contributed by atoms with Gasteiger partial charge in [-0.15, -0.1) is 13.2 Å². The van der Waals surface area contributed by atoms with Gasteiger partial charge in [0.2, 0.25) is 0 Å². The number of ether oxygens (including phenoxy) is 1. The summed E-state index contributed by atoms with van der Waals surface area (Å²) < 4.78 is 137. The summed E-state index contributed by atoms with van der Waals surface area (Å²) in [6.45, 7) is 0. The molecule has 1 amide bonds. The first-order chi connectivity index (χ1) is 18.3. The number of alkyl halides is 10. The van der Waals surface area contributed by atoms with Gasteiger partial charge in [-0.2, -0.15) is 31.4 Å². The zero-order valence-electron chi connectivity index (χ0n) is 19.1. The van der Waals surface area contributed by atoms with Crippen LogP contribution in [0.2, 0.25) is 10.2 Å². The van der Waals surface area contributed by atoms with Gasteiger partial charge in [0.1, 0.15) is 10.8 Å². The lowest BCUT2D eigenvalue weighted by Gasteiger charge is -2.31. The molecule has 3 aromatic rings. The Bertz CT molecular complexity index is 1430. The number of pyridine rings is 1. The third kappa shape index (κ3) is 5.77. The average Bonchev–Trinajstić information content (AvgIpc) is 3.48. The van der Waals surface area contributed by atoms with Gasteiger partial charge in [-0.1, -0.05) is 23.2 Å². The van der Waals surface area contributed by atoms with Crippen LogP contribution in [-0.4, -0.2) is 45.4 Å². The molecule has 4 rings (SSSR count). The van der Waals surface area contributed by atoms with Crippen LogP contribution in [0.5, 0.6) is 5.75 Å². The minimum atomic E-state index is -6.63. The number of nitrogens with one attached hydrogen (secondary N) is 1. The number of rotatable bonds is 6. The highest BCUT2D eigenvalue weighted by molar-refractivity contribution is 6.33. The van der Waals surface area contributed by atoms with Gasteiger partial charge in [0.15, 0.2) is 5.75 Å². The largest absolute Gasteiger partial charge is 0.573 e. The molecule has 0 radical (unpaired) electrons. The number of carbonyl (C=O) groups is 1. The lowest BCUT2D eigenvalue weighted by atomic mass is 9.93. The molecule has 0 aliphatic heterocycles. The summed E-state index contributed by atoms with van der Waals surface area (Å²) in [5.74, 6) is -2.27. The molecule has 40 heavy (non-hydrogen) atoms. The summed E-state index contributed by atoms with van der Waals surface area (Å²) in [5, 5.41) is 5.06. The number of nitrogens with zero attached hydrogens (tertiary/aromatic N) is 3. The Hall–Kier alpha value is -3.27. The van der Waals surface area contributed by atoms with E-state index in [1.54, 1.807) is 0 Å². The first kappa shape index (κ1) is 29.7. The van der Waals surface area contributed by atoms with Gasteiger partial charge in [-0.25, -0.2) is 14.1 Å². The Balaban J connectivity index is 1.81. The van der Waals surface area contributed by atoms with Crippen molar-refractivity contribution in [1.29, 1.82) is 0 Å². The van der Waals surface area contributed by atoms with E-state index < -0.39 is 58.4 Å². The Morgan fingerprint density at radius 3 is 2.10 bits per heavy atom. The van der Waals surface area contributed by atoms with E-state index in [2.05, 4.69) is 20.1 Å². The Morgan fingerprint density at radius 1 is 0.925 bits per heavy atom. The Morgan fingerprint density at radius 2 is 1.55 bits per heavy atom. The molecule has 2 aromatic heterocycles. The number of halogens is 12. The second-order valence-electron chi connectivity index (χ2n) is 8.49. The van der Waals surface area contributed by atoms with Crippen molar-refractivity contribution in [3.05, 3.63) is 58.1 Å². The lowest BCUT2D eigenvalue weighted by Crippen LogP contribution is -2.50. The standard InChI is InChI=1S/C22H12Cl2F10N4O2/c23-14-4-11(19(25,20(26,27)28)21(29,30)31)5-15(40-22(32,33)34)16(14)38-8-10(7-36-38)9-3-13(17(24)35-6-9)18(39)37-12-1-2-12/h3-8,12H,1-2H2,(H,37,39). The smallest absolute Gasteiger partial charge is 0.403 e. The molecular formula is C22H12Cl2F10N4O2. The van der Waals surface area contributed by atoms with Crippen LogP contribution in [0.3, 0.4) is 0 Å². The summed E-state index contributed by atoms with van der Waals surface area (Å²) >= 11 is 11.8. The van der Waals surface area contributed by atoms with E-state index in [1.165, 1.54) is 12.3 Å². The van der Waals surface area contributed by atoms with Crippen molar-refractivity contribution in [2.45, 2.75) is 43.3 Å². The van der Waals surface area contributed by atoms with Crippen LogP contribution in [0.15, 0.2) is 36.8 Å². The molecule has 0 unspecified atom stereocenters. The highest BCUT2D eigenvalue weighted by Crippen LogP contribution is 2.55. The number of hydrogen-bond donors (Lipinski definition) is 1. The minimum absolute atomic E-state index is 0.0371. The van der Waals surface area contributed by atoms with Crippen LogP contribution in [-0.2, 0) is 5.67 Å². The zero-order valence-corrected chi connectivity index (χ0v) is 20.7. The first-order valence-electron chi connectivity index (χ1n) is 10.8. The molecule has 0 bridgehead atoms. The molecule has 1 aliphatic carbocycles. The number of aromatic nitrogens is 3. The van der Waals surface area contributed by atoms with Crippen molar-refractivity contribution in [2.75, 3.05) is 0 Å². The van der Waals surface area contributed by atoms with Crippen molar-refractivity contribution in [3.63, 3.8) is 0 Å². The normalized spacial score (nSPS) is 14.8. The van der Waals surface area contributed by atoms with E-state index in [0.717, 1.165) is 25.2 Å². The molecule has 0 atom stereocenters. The van der Waals surface area contributed by atoms with Gasteiger partial charge in [-0.05, 0) is 31.0 Å². The molecule has 1 saturated carbocycles. The quantitative estimate of drug-likeness (QED) is 0.230. The van der Waals surface area contributed by atoms with Crippen molar-refractivity contribution in [3.8, 4) is 22.6 Å². The van der Waals surface area contributed by atoms with Crippen molar-refractivity contribution in [2.24, 2.45) is 0 Å². The summed E-state index contributed by atoms with van der Waals surface area (Å²) in [4.78, 5) is 16.3. The maximum Gasteiger partial charge on any atom is 0.573 e. The van der Waals surface area contributed by atoms with Crippen LogP contribution in [0.25, 0.3) is 16.8 Å². The van der Waals surface area contributed by atoms with Crippen LogP contribution in [0.4, 0.5) is 43.9 Å². The summed E-state index contributed by atoms with van der Waals surface area (Å²) in [6.07, 6.45) is -14.2. The monoisotopic (exact) mass is 624 g/mol. The highest BCUT2D eigenvalue weighted by Gasteiger charge is 2.73. The van der Waals surface area contributed by atoms with E-state index in [0.29, 0.717) is 4.68 Å². The minimum Gasteiger partial charge on any atom is -0.403 e. The summed E-state index contributed by atoms with van der Waals surface area (Å²) in [5.41, 5.74) is -9.20. The van der Waals surface area contributed by atoms with Crippen LogP contribution in [0, 0.1) is 0 Å². The SMILES string of the molecule is O=C(NC1CC1)c1cc(-c2cnn(-c3c(Cl)cc(C(F)(C(F)(F)F)C(F)(F)F)cc3OC(F)(F)F)c2)cnc1Cl. The third-order valence-corrected chi connectivity index (χ3v) is 6.16. The summed E-state index contributed by atoms with van der Waals surface area (Å²) in [6, 6.07) is 0.689. The van der Waals surface area contributed by atoms with E-state index in [-0.39, 0.29) is 34.0 Å². The molecule has 1 N–H and O–H groups in total. The third-order valence-electron chi connectivity index (χ3n) is 5.57. The fourth-order valence-corrected chi connectivity index (χ4v) is 4.02. The Kier molecular flexibility index (Phi) is 7.41. The van der Waals surface area contributed by atoms with Gasteiger partial charge >= 0.3 is 24.4 Å². The Labute approximate surface area is 226 Å². The van der Waals surface area contributed by atoms with Gasteiger partial charge in [0, 0.05) is 35.1 Å². The van der Waals surface area contributed by atoms with Gasteiger partial charge in [-0.3, -0.25) is 4.79 Å². The van der Waals surface area contributed by atoms with Gasteiger partial charge in [0.25, 0.3) is 5.91 Å². The maximum absolute atomic E-state index is 14.6. The second-order valence-corrected chi connectivity index (χ2v) is 9.26. The molecule has 0 saturated heterocycles. The lowest BCUT2D eigenvalue weighted by molar-refractivity contribution is -0.348. The maximum atomic E-state index is 14.6. The van der Waals surface area contributed by atoms with Gasteiger partial charge < -0.3 is 10.1 Å².